The summed E-state index contributed by atoms with van der Waals surface area (Å²) in [7, 11) is 0. The van der Waals surface area contributed by atoms with E-state index < -0.39 is 0 Å². The van der Waals surface area contributed by atoms with Crippen LogP contribution in [-0.4, -0.2) is 12.6 Å². The van der Waals surface area contributed by atoms with Crippen LogP contribution < -0.4 is 0 Å². The highest BCUT2D eigenvalue weighted by Crippen LogP contribution is 2.03. The van der Waals surface area contributed by atoms with Crippen molar-refractivity contribution in [2.24, 2.45) is 11.8 Å². The van der Waals surface area contributed by atoms with Gasteiger partial charge in [-0.1, -0.05) is 41.2 Å². The molecule has 0 unspecified atom stereocenters. The van der Waals surface area contributed by atoms with Gasteiger partial charge >= 0.3 is 5.97 Å². The molecule has 0 aliphatic heterocycles. The monoisotopic (exact) mass is 228 g/mol. The largest absolute Gasteiger partial charge is 0.462 e. The molecule has 0 saturated carbocycles. The Morgan fingerprint density at radius 2 is 1.62 bits per heavy atom. The molecular formula is C14H28O2. The van der Waals surface area contributed by atoms with Crippen molar-refractivity contribution in [3.63, 3.8) is 0 Å². The summed E-state index contributed by atoms with van der Waals surface area (Å²) in [5, 5.41) is 0. The molecule has 0 atom stereocenters. The van der Waals surface area contributed by atoms with Gasteiger partial charge in [0.05, 0.1) is 6.61 Å². The maximum absolute atomic E-state index is 10.9. The smallest absolute Gasteiger partial charge is 0.333 e. The molecule has 0 radical (unpaired) electrons. The summed E-state index contributed by atoms with van der Waals surface area (Å²) in [5.74, 6) is 1.23. The molecule has 0 aromatic carbocycles. The van der Waals surface area contributed by atoms with E-state index in [1.54, 1.807) is 6.92 Å². The fraction of sp³-hybridized carbons (Fsp3) is 0.786. The fourth-order valence-electron chi connectivity index (χ4n) is 0.780. The van der Waals surface area contributed by atoms with E-state index in [9.17, 15) is 4.79 Å². The summed E-state index contributed by atoms with van der Waals surface area (Å²) in [6.45, 7) is 16.5. The minimum absolute atomic E-state index is 0.279. The van der Waals surface area contributed by atoms with E-state index in [0.717, 1.165) is 18.8 Å². The van der Waals surface area contributed by atoms with Crippen molar-refractivity contribution in [1.82, 2.24) is 0 Å². The Bertz CT molecular complexity index is 190. The second-order valence-corrected chi connectivity index (χ2v) is 5.18. The number of ether oxygens (including phenoxy) is 1. The van der Waals surface area contributed by atoms with Gasteiger partial charge in [0.2, 0.25) is 0 Å². The van der Waals surface area contributed by atoms with Crippen LogP contribution in [0.3, 0.4) is 0 Å². The van der Waals surface area contributed by atoms with Gasteiger partial charge in [-0.15, -0.1) is 0 Å². The molecule has 0 amide bonds. The second-order valence-electron chi connectivity index (χ2n) is 5.18. The fourth-order valence-corrected chi connectivity index (χ4v) is 0.780. The van der Waals surface area contributed by atoms with E-state index in [-0.39, 0.29) is 5.97 Å². The summed E-state index contributed by atoms with van der Waals surface area (Å²) < 4.78 is 4.92. The molecule has 0 aliphatic rings. The zero-order chi connectivity index (χ0) is 13.1. The van der Waals surface area contributed by atoms with Crippen LogP contribution in [0.1, 0.15) is 54.4 Å². The number of hydrogen-bond acceptors (Lipinski definition) is 2. The maximum atomic E-state index is 10.9. The molecule has 96 valence electrons. The van der Waals surface area contributed by atoms with E-state index in [1.807, 2.05) is 0 Å². The molecule has 16 heavy (non-hydrogen) atoms. The molecule has 2 heteroatoms. The lowest BCUT2D eigenvalue weighted by atomic mass is 10.1. The van der Waals surface area contributed by atoms with Gasteiger partial charge in [0, 0.05) is 5.57 Å². The minimum atomic E-state index is -0.279. The highest BCUT2D eigenvalue weighted by atomic mass is 16.5. The molecule has 0 N–H and O–H groups in total. The third-order valence-corrected chi connectivity index (χ3v) is 1.51. The van der Waals surface area contributed by atoms with Crippen LogP contribution in [0.5, 0.6) is 0 Å². The Morgan fingerprint density at radius 1 is 1.19 bits per heavy atom. The van der Waals surface area contributed by atoms with Gasteiger partial charge < -0.3 is 4.74 Å². The molecule has 0 aliphatic carbocycles. The van der Waals surface area contributed by atoms with Crippen molar-refractivity contribution >= 4 is 5.97 Å². The Morgan fingerprint density at radius 3 is 1.94 bits per heavy atom. The lowest BCUT2D eigenvalue weighted by molar-refractivity contribution is -0.139. The van der Waals surface area contributed by atoms with Gasteiger partial charge in [0.1, 0.15) is 0 Å². The first-order valence-corrected chi connectivity index (χ1v) is 6.10. The molecule has 0 fully saturated rings. The van der Waals surface area contributed by atoms with Gasteiger partial charge in [-0.25, -0.2) is 4.79 Å². The molecule has 0 saturated heterocycles. The van der Waals surface area contributed by atoms with Crippen LogP contribution in [0.2, 0.25) is 0 Å². The van der Waals surface area contributed by atoms with Gasteiger partial charge in [0.25, 0.3) is 0 Å². The quantitative estimate of drug-likeness (QED) is 0.400. The standard InChI is InChI=1S/C10H18O2.C4H10/c1-8(2)6-5-7-12-10(11)9(3)4;1-4(2)3/h8H,3,5-7H2,1-2,4H3;4H,1-3H3. The van der Waals surface area contributed by atoms with Crippen LogP contribution in [0.15, 0.2) is 12.2 Å². The van der Waals surface area contributed by atoms with Gasteiger partial charge in [-0.2, -0.15) is 0 Å². The molecule has 0 aromatic rings. The van der Waals surface area contributed by atoms with E-state index >= 15 is 0 Å². The van der Waals surface area contributed by atoms with Crippen molar-refractivity contribution < 1.29 is 9.53 Å². The Balaban J connectivity index is 0. The first-order chi connectivity index (χ1) is 7.27. The predicted molar refractivity (Wildman–Crippen MR) is 70.4 cm³/mol. The first kappa shape index (κ1) is 17.6. The van der Waals surface area contributed by atoms with Crippen molar-refractivity contribution in [2.75, 3.05) is 6.61 Å². The lowest BCUT2D eigenvalue weighted by Crippen LogP contribution is -2.06. The summed E-state index contributed by atoms with van der Waals surface area (Å²) in [5.41, 5.74) is 0.472. The normalized spacial score (nSPS) is 9.75. The maximum Gasteiger partial charge on any atom is 0.333 e. The van der Waals surface area contributed by atoms with Gasteiger partial charge in [-0.3, -0.25) is 0 Å². The molecule has 0 bridgehead atoms. The van der Waals surface area contributed by atoms with Gasteiger partial charge in [-0.05, 0) is 31.6 Å². The van der Waals surface area contributed by atoms with Crippen molar-refractivity contribution in [1.29, 1.82) is 0 Å². The molecular weight excluding hydrogens is 200 g/mol. The molecule has 0 rings (SSSR count). The Kier molecular flexibility index (Phi) is 11.8. The van der Waals surface area contributed by atoms with Crippen LogP contribution >= 0.6 is 0 Å². The topological polar surface area (TPSA) is 26.3 Å². The van der Waals surface area contributed by atoms with Crippen LogP contribution in [-0.2, 0) is 9.53 Å². The number of hydrogen-bond donors (Lipinski definition) is 0. The number of carbonyl (C=O) groups is 1. The van der Waals surface area contributed by atoms with Gasteiger partial charge in [0.15, 0.2) is 0 Å². The average molecular weight is 228 g/mol. The zero-order valence-corrected chi connectivity index (χ0v) is 11.8. The predicted octanol–water partition coefficient (Wildman–Crippen LogP) is 4.20. The van der Waals surface area contributed by atoms with Crippen LogP contribution in [0.25, 0.3) is 0 Å². The molecule has 0 aromatic heterocycles. The SMILES string of the molecule is C=C(C)C(=O)OCCCC(C)C.CC(C)C. The summed E-state index contributed by atoms with van der Waals surface area (Å²) in [6, 6.07) is 0. The van der Waals surface area contributed by atoms with Crippen molar-refractivity contribution in [3.8, 4) is 0 Å². The Labute approximate surface area is 101 Å². The Hall–Kier alpha value is -0.790. The molecule has 2 nitrogen and oxygen atoms in total. The lowest BCUT2D eigenvalue weighted by Gasteiger charge is -2.05. The number of carbonyl (C=O) groups excluding carboxylic acids is 1. The average Bonchev–Trinajstić information content (AvgIpc) is 2.10. The zero-order valence-electron chi connectivity index (χ0n) is 11.8. The van der Waals surface area contributed by atoms with E-state index in [1.165, 1.54) is 0 Å². The van der Waals surface area contributed by atoms with E-state index in [0.29, 0.717) is 18.1 Å². The minimum Gasteiger partial charge on any atom is -0.462 e. The van der Waals surface area contributed by atoms with Crippen molar-refractivity contribution in [2.45, 2.75) is 54.4 Å². The van der Waals surface area contributed by atoms with Crippen molar-refractivity contribution in [3.05, 3.63) is 12.2 Å². The third-order valence-electron chi connectivity index (χ3n) is 1.51. The molecule has 0 spiro atoms. The molecule has 0 heterocycles. The first-order valence-electron chi connectivity index (χ1n) is 6.10. The summed E-state index contributed by atoms with van der Waals surface area (Å²) >= 11 is 0. The highest BCUT2D eigenvalue weighted by molar-refractivity contribution is 5.86. The van der Waals surface area contributed by atoms with Crippen LogP contribution in [0.4, 0.5) is 0 Å². The number of rotatable bonds is 5. The number of esters is 1. The summed E-state index contributed by atoms with van der Waals surface area (Å²) in [6.07, 6.45) is 2.04. The third kappa shape index (κ3) is 18.9. The highest BCUT2D eigenvalue weighted by Gasteiger charge is 2.02. The van der Waals surface area contributed by atoms with E-state index in [2.05, 4.69) is 41.2 Å². The van der Waals surface area contributed by atoms with E-state index in [4.69, 9.17) is 4.74 Å². The summed E-state index contributed by atoms with van der Waals surface area (Å²) in [4.78, 5) is 10.9. The van der Waals surface area contributed by atoms with Crippen LogP contribution in [0, 0.1) is 11.8 Å². The second kappa shape index (κ2) is 10.7.